The van der Waals surface area contributed by atoms with Crippen LogP contribution in [0.25, 0.3) is 0 Å². The molecule has 0 heterocycles. The summed E-state index contributed by atoms with van der Waals surface area (Å²) < 4.78 is 0. The fourth-order valence-corrected chi connectivity index (χ4v) is 7.36. The minimum absolute atomic E-state index is 0.452. The quantitative estimate of drug-likeness (QED) is 0.654. The lowest BCUT2D eigenvalue weighted by Gasteiger charge is -2.57. The summed E-state index contributed by atoms with van der Waals surface area (Å²) >= 11 is 2.36. The Kier molecular flexibility index (Phi) is 3.64. The molecule has 0 radical (unpaired) electrons. The van der Waals surface area contributed by atoms with E-state index in [-0.39, 0.29) is 0 Å². The van der Waals surface area contributed by atoms with Gasteiger partial charge in [0.05, 0.1) is 0 Å². The zero-order valence-corrected chi connectivity index (χ0v) is 15.2. The normalized spacial score (nSPS) is 40.4. The smallest absolute Gasteiger partial charge is 0.0105 e. The van der Waals surface area contributed by atoms with Gasteiger partial charge >= 0.3 is 0 Å². The van der Waals surface area contributed by atoms with E-state index in [0.717, 1.165) is 22.3 Å². The Morgan fingerprint density at radius 2 is 1.73 bits per heavy atom. The number of fused-ring (bicyclic) bond motifs is 2. The van der Waals surface area contributed by atoms with E-state index >= 15 is 0 Å². The third-order valence-corrected chi connectivity index (χ3v) is 8.30. The van der Waals surface area contributed by atoms with Crippen LogP contribution >= 0.6 is 11.8 Å². The van der Waals surface area contributed by atoms with Crippen molar-refractivity contribution in [3.8, 4) is 0 Å². The van der Waals surface area contributed by atoms with Crippen LogP contribution in [-0.2, 0) is 5.41 Å². The number of benzene rings is 1. The van der Waals surface area contributed by atoms with E-state index in [2.05, 4.69) is 62.9 Å². The maximum absolute atomic E-state index is 2.54. The van der Waals surface area contributed by atoms with Gasteiger partial charge in [0.1, 0.15) is 0 Å². The predicted molar refractivity (Wildman–Crippen MR) is 97.4 cm³/mol. The van der Waals surface area contributed by atoms with E-state index < -0.39 is 0 Å². The predicted octanol–water partition coefficient (Wildman–Crippen LogP) is 6.05. The molecule has 3 fully saturated rings. The molecule has 0 saturated heterocycles. The molecule has 22 heavy (non-hydrogen) atoms. The minimum atomic E-state index is 0.452. The average Bonchev–Trinajstić information content (AvgIpc) is 3.26. The Bertz CT molecular complexity index is 526. The molecule has 1 aromatic carbocycles. The van der Waals surface area contributed by atoms with Crippen LogP contribution in [0.5, 0.6) is 0 Å². The van der Waals surface area contributed by atoms with Gasteiger partial charge in [-0.2, -0.15) is 11.8 Å². The summed E-state index contributed by atoms with van der Waals surface area (Å²) in [4.78, 5) is 0. The monoisotopic (exact) mass is 314 g/mol. The molecule has 4 unspecified atom stereocenters. The molecule has 0 amide bonds. The van der Waals surface area contributed by atoms with Gasteiger partial charge in [0, 0.05) is 10.5 Å². The molecule has 120 valence electrons. The molecular weight excluding hydrogens is 284 g/mol. The van der Waals surface area contributed by atoms with Crippen LogP contribution in [0.2, 0.25) is 0 Å². The highest BCUT2D eigenvalue weighted by Crippen LogP contribution is 2.61. The molecule has 3 aliphatic carbocycles. The van der Waals surface area contributed by atoms with Crippen molar-refractivity contribution in [1.29, 1.82) is 0 Å². The van der Waals surface area contributed by atoms with Gasteiger partial charge in [0.15, 0.2) is 0 Å². The molecule has 4 rings (SSSR count). The van der Waals surface area contributed by atoms with Crippen LogP contribution < -0.4 is 0 Å². The van der Waals surface area contributed by atoms with E-state index in [9.17, 15) is 0 Å². The largest absolute Gasteiger partial charge is 0.155 e. The Morgan fingerprint density at radius 3 is 2.41 bits per heavy atom. The van der Waals surface area contributed by atoms with Crippen molar-refractivity contribution in [3.05, 3.63) is 35.9 Å². The summed E-state index contributed by atoms with van der Waals surface area (Å²) in [7, 11) is 0. The van der Waals surface area contributed by atoms with Crippen molar-refractivity contribution < 1.29 is 0 Å². The second-order valence-corrected chi connectivity index (χ2v) is 10.6. The van der Waals surface area contributed by atoms with Crippen LogP contribution in [-0.4, -0.2) is 10.5 Å². The third-order valence-electron chi connectivity index (χ3n) is 6.28. The number of hydrogen-bond acceptors (Lipinski definition) is 1. The molecule has 4 atom stereocenters. The standard InChI is InChI=1S/C21H30S/c1-15-11-21(17-7-5-4-6-8-17)13-16(12-20(2,3)14-21)19(15)22-18-9-10-18/h4-8,15-16,18-19H,9-14H2,1-3H3. The van der Waals surface area contributed by atoms with Crippen molar-refractivity contribution in [2.45, 2.75) is 75.2 Å². The van der Waals surface area contributed by atoms with E-state index in [1.165, 1.54) is 38.5 Å². The van der Waals surface area contributed by atoms with Crippen molar-refractivity contribution in [2.24, 2.45) is 17.3 Å². The van der Waals surface area contributed by atoms with Crippen LogP contribution in [0.1, 0.15) is 64.9 Å². The van der Waals surface area contributed by atoms with Gasteiger partial charge in [0.2, 0.25) is 0 Å². The summed E-state index contributed by atoms with van der Waals surface area (Å²) in [5.41, 5.74) is 2.57. The highest BCUT2D eigenvalue weighted by molar-refractivity contribution is 8.00. The second kappa shape index (κ2) is 5.30. The number of thioether (sulfide) groups is 1. The zero-order chi connectivity index (χ0) is 15.4. The lowest BCUT2D eigenvalue weighted by atomic mass is 9.51. The second-order valence-electron chi connectivity index (χ2n) is 9.14. The number of rotatable bonds is 3. The van der Waals surface area contributed by atoms with Crippen LogP contribution in [0, 0.1) is 17.3 Å². The molecule has 3 saturated carbocycles. The van der Waals surface area contributed by atoms with Crippen molar-refractivity contribution >= 4 is 11.8 Å². The molecule has 1 aromatic rings. The topological polar surface area (TPSA) is 0 Å². The van der Waals surface area contributed by atoms with Gasteiger partial charge in [-0.15, -0.1) is 0 Å². The van der Waals surface area contributed by atoms with Gasteiger partial charge in [0.25, 0.3) is 0 Å². The SMILES string of the molecule is CC1CC2(c3ccccc3)CC(CC(C)(C)C2)C1SC1CC1. The molecule has 0 N–H and O–H groups in total. The van der Waals surface area contributed by atoms with E-state index in [0.29, 0.717) is 10.8 Å². The average molecular weight is 315 g/mol. The summed E-state index contributed by atoms with van der Waals surface area (Å²) in [6, 6.07) is 11.5. The first-order valence-corrected chi connectivity index (χ1v) is 10.1. The van der Waals surface area contributed by atoms with Gasteiger partial charge < -0.3 is 0 Å². The van der Waals surface area contributed by atoms with E-state index in [1.807, 2.05) is 0 Å². The molecule has 2 bridgehead atoms. The Balaban J connectivity index is 1.67. The van der Waals surface area contributed by atoms with Crippen molar-refractivity contribution in [2.75, 3.05) is 0 Å². The van der Waals surface area contributed by atoms with E-state index in [4.69, 9.17) is 0 Å². The first kappa shape index (κ1) is 15.1. The maximum Gasteiger partial charge on any atom is 0.0105 e. The molecule has 1 heteroatoms. The van der Waals surface area contributed by atoms with Crippen molar-refractivity contribution in [3.63, 3.8) is 0 Å². The van der Waals surface area contributed by atoms with Crippen molar-refractivity contribution in [1.82, 2.24) is 0 Å². The first-order chi connectivity index (χ1) is 10.5. The molecule has 3 aliphatic rings. The summed E-state index contributed by atoms with van der Waals surface area (Å²) in [5, 5.41) is 1.92. The van der Waals surface area contributed by atoms with Gasteiger partial charge in [-0.1, -0.05) is 51.1 Å². The van der Waals surface area contributed by atoms with Gasteiger partial charge in [-0.05, 0) is 66.8 Å². The lowest BCUT2D eigenvalue weighted by molar-refractivity contribution is 0.0357. The maximum atomic E-state index is 2.54. The lowest BCUT2D eigenvalue weighted by Crippen LogP contribution is -2.50. The summed E-state index contributed by atoms with van der Waals surface area (Å²) in [6.07, 6.45) is 8.63. The highest BCUT2D eigenvalue weighted by atomic mass is 32.2. The first-order valence-electron chi connectivity index (χ1n) is 9.19. The van der Waals surface area contributed by atoms with Crippen LogP contribution in [0.15, 0.2) is 30.3 Å². The molecule has 0 aliphatic heterocycles. The van der Waals surface area contributed by atoms with Gasteiger partial charge in [-0.3, -0.25) is 0 Å². The fourth-order valence-electron chi connectivity index (χ4n) is 5.73. The zero-order valence-electron chi connectivity index (χ0n) is 14.3. The highest BCUT2D eigenvalue weighted by Gasteiger charge is 2.53. The Labute approximate surface area is 140 Å². The fraction of sp³-hybridized carbons (Fsp3) is 0.714. The summed E-state index contributed by atoms with van der Waals surface area (Å²) in [5.74, 6) is 1.80. The third kappa shape index (κ3) is 2.75. The number of hydrogen-bond donors (Lipinski definition) is 0. The van der Waals surface area contributed by atoms with Gasteiger partial charge in [-0.25, -0.2) is 0 Å². The van der Waals surface area contributed by atoms with Crippen LogP contribution in [0.4, 0.5) is 0 Å². The Morgan fingerprint density at radius 1 is 1.00 bits per heavy atom. The molecule has 0 aromatic heterocycles. The Hall–Kier alpha value is -0.430. The minimum Gasteiger partial charge on any atom is -0.155 e. The van der Waals surface area contributed by atoms with E-state index in [1.54, 1.807) is 5.56 Å². The summed E-state index contributed by atoms with van der Waals surface area (Å²) in [6.45, 7) is 7.58. The molecule has 0 spiro atoms. The van der Waals surface area contributed by atoms with Crippen LogP contribution in [0.3, 0.4) is 0 Å². The molecule has 0 nitrogen and oxygen atoms in total. The molecular formula is C21H30S.